The highest BCUT2D eigenvalue weighted by molar-refractivity contribution is 5.83. The molecule has 1 aromatic carbocycles. The molecule has 0 aliphatic heterocycles. The second kappa shape index (κ2) is 6.01. The van der Waals surface area contributed by atoms with Crippen LogP contribution in [0.1, 0.15) is 18.8 Å². The lowest BCUT2D eigenvalue weighted by Gasteiger charge is -2.13. The van der Waals surface area contributed by atoms with Crippen LogP contribution in [-0.4, -0.2) is 25.1 Å². The van der Waals surface area contributed by atoms with Crippen LogP contribution in [0.3, 0.4) is 0 Å². The minimum Gasteiger partial charge on any atom is -0.345 e. The average molecular weight is 337 g/mol. The number of benzene rings is 1. The predicted octanol–water partition coefficient (Wildman–Crippen LogP) is 2.70. The van der Waals surface area contributed by atoms with Crippen molar-refractivity contribution >= 4 is 22.5 Å². The summed E-state index contributed by atoms with van der Waals surface area (Å²) >= 11 is 0. The maximum atomic E-state index is 13.4. The standard InChI is InChI=1S/C18H16FN5O/c1-12(18-22-21-16-4-2-3-8-24(16)18)20-17(25)11-23-9-7-13-5-6-14(19)10-15(13)23/h2-10,12H,11H2,1H3,(H,20,25). The fourth-order valence-electron chi connectivity index (χ4n) is 2.96. The molecule has 1 amide bonds. The van der Waals surface area contributed by atoms with Crippen LogP contribution in [0.15, 0.2) is 54.9 Å². The molecule has 0 spiro atoms. The van der Waals surface area contributed by atoms with E-state index in [0.29, 0.717) is 11.3 Å². The van der Waals surface area contributed by atoms with E-state index >= 15 is 0 Å². The molecule has 126 valence electrons. The van der Waals surface area contributed by atoms with Crippen LogP contribution in [0, 0.1) is 5.82 Å². The number of amides is 1. The first kappa shape index (κ1) is 15.3. The third kappa shape index (κ3) is 2.84. The van der Waals surface area contributed by atoms with Crippen LogP contribution in [0.2, 0.25) is 0 Å². The van der Waals surface area contributed by atoms with Gasteiger partial charge in [-0.3, -0.25) is 9.20 Å². The van der Waals surface area contributed by atoms with Crippen LogP contribution >= 0.6 is 0 Å². The predicted molar refractivity (Wildman–Crippen MR) is 91.4 cm³/mol. The molecule has 0 aliphatic carbocycles. The lowest BCUT2D eigenvalue weighted by atomic mass is 10.2. The second-order valence-electron chi connectivity index (χ2n) is 5.92. The van der Waals surface area contributed by atoms with Gasteiger partial charge in [-0.1, -0.05) is 6.07 Å². The molecular weight excluding hydrogens is 321 g/mol. The Balaban J connectivity index is 1.52. The Labute approximate surface area is 142 Å². The summed E-state index contributed by atoms with van der Waals surface area (Å²) in [6.07, 6.45) is 3.64. The number of carbonyl (C=O) groups excluding carboxylic acids is 1. The van der Waals surface area contributed by atoms with Gasteiger partial charge in [0.1, 0.15) is 12.4 Å². The zero-order chi connectivity index (χ0) is 17.4. The van der Waals surface area contributed by atoms with Gasteiger partial charge in [0.25, 0.3) is 0 Å². The first-order chi connectivity index (χ1) is 12.1. The van der Waals surface area contributed by atoms with Gasteiger partial charge < -0.3 is 9.88 Å². The highest BCUT2D eigenvalue weighted by atomic mass is 19.1. The monoisotopic (exact) mass is 337 g/mol. The van der Waals surface area contributed by atoms with Gasteiger partial charge in [0.2, 0.25) is 5.91 Å². The summed E-state index contributed by atoms with van der Waals surface area (Å²) in [6.45, 7) is 1.96. The zero-order valence-corrected chi connectivity index (χ0v) is 13.6. The van der Waals surface area contributed by atoms with Crippen LogP contribution in [0.25, 0.3) is 16.6 Å². The number of carbonyl (C=O) groups is 1. The topological polar surface area (TPSA) is 64.2 Å². The Morgan fingerprint density at radius 3 is 2.96 bits per heavy atom. The summed E-state index contributed by atoms with van der Waals surface area (Å²) in [5.41, 5.74) is 1.42. The SMILES string of the molecule is CC(NC(=O)Cn1ccc2ccc(F)cc21)c1nnc2ccccn12. The van der Waals surface area contributed by atoms with Crippen LogP contribution in [0.4, 0.5) is 4.39 Å². The molecule has 0 saturated carbocycles. The summed E-state index contributed by atoms with van der Waals surface area (Å²) < 4.78 is 17.0. The Bertz CT molecular complexity index is 1070. The highest BCUT2D eigenvalue weighted by Crippen LogP contribution is 2.17. The van der Waals surface area contributed by atoms with Crippen molar-refractivity contribution in [1.29, 1.82) is 0 Å². The van der Waals surface area contributed by atoms with Crippen molar-refractivity contribution in [2.45, 2.75) is 19.5 Å². The number of rotatable bonds is 4. The number of fused-ring (bicyclic) bond motifs is 2. The summed E-state index contributed by atoms with van der Waals surface area (Å²) in [7, 11) is 0. The molecule has 0 saturated heterocycles. The highest BCUT2D eigenvalue weighted by Gasteiger charge is 2.16. The number of pyridine rings is 1. The minimum atomic E-state index is -0.323. The van der Waals surface area contributed by atoms with Crippen LogP contribution in [0.5, 0.6) is 0 Å². The van der Waals surface area contributed by atoms with Crippen molar-refractivity contribution in [3.05, 3.63) is 66.5 Å². The first-order valence-corrected chi connectivity index (χ1v) is 7.95. The molecule has 3 aromatic heterocycles. The molecule has 0 aliphatic rings. The van der Waals surface area contributed by atoms with E-state index in [1.54, 1.807) is 16.8 Å². The van der Waals surface area contributed by atoms with E-state index in [2.05, 4.69) is 15.5 Å². The molecule has 1 N–H and O–H groups in total. The van der Waals surface area contributed by atoms with Gasteiger partial charge in [-0.15, -0.1) is 10.2 Å². The third-order valence-electron chi connectivity index (χ3n) is 4.15. The van der Waals surface area contributed by atoms with E-state index in [4.69, 9.17) is 0 Å². The first-order valence-electron chi connectivity index (χ1n) is 7.95. The lowest BCUT2D eigenvalue weighted by Crippen LogP contribution is -2.31. The summed E-state index contributed by atoms with van der Waals surface area (Å²) in [5, 5.41) is 12.0. The third-order valence-corrected chi connectivity index (χ3v) is 4.15. The maximum Gasteiger partial charge on any atom is 0.240 e. The van der Waals surface area contributed by atoms with Gasteiger partial charge in [-0.05, 0) is 48.7 Å². The minimum absolute atomic E-state index is 0.105. The van der Waals surface area contributed by atoms with Crippen LogP contribution in [-0.2, 0) is 11.3 Å². The molecule has 3 heterocycles. The Morgan fingerprint density at radius 1 is 1.20 bits per heavy atom. The molecule has 4 aromatic rings. The average Bonchev–Trinajstić information content (AvgIpc) is 3.19. The van der Waals surface area contributed by atoms with Gasteiger partial charge in [0, 0.05) is 12.4 Å². The van der Waals surface area contributed by atoms with Crippen molar-refractivity contribution in [3.8, 4) is 0 Å². The van der Waals surface area contributed by atoms with E-state index in [1.807, 2.05) is 41.8 Å². The van der Waals surface area contributed by atoms with Crippen molar-refractivity contribution in [2.24, 2.45) is 0 Å². The van der Waals surface area contributed by atoms with Crippen molar-refractivity contribution < 1.29 is 9.18 Å². The fourth-order valence-corrected chi connectivity index (χ4v) is 2.96. The van der Waals surface area contributed by atoms with Gasteiger partial charge in [0.05, 0.1) is 11.6 Å². The van der Waals surface area contributed by atoms with Gasteiger partial charge >= 0.3 is 0 Å². The van der Waals surface area contributed by atoms with E-state index in [1.165, 1.54) is 12.1 Å². The quantitative estimate of drug-likeness (QED) is 0.623. The largest absolute Gasteiger partial charge is 0.345 e. The Morgan fingerprint density at radius 2 is 2.08 bits per heavy atom. The molecule has 1 unspecified atom stereocenters. The number of nitrogens with one attached hydrogen (secondary N) is 1. The van der Waals surface area contributed by atoms with Crippen molar-refractivity contribution in [1.82, 2.24) is 24.5 Å². The van der Waals surface area contributed by atoms with E-state index < -0.39 is 0 Å². The molecule has 6 nitrogen and oxygen atoms in total. The number of hydrogen-bond donors (Lipinski definition) is 1. The summed E-state index contributed by atoms with van der Waals surface area (Å²) in [6, 6.07) is 11.7. The fraction of sp³-hybridized carbons (Fsp3) is 0.167. The normalized spacial score (nSPS) is 12.6. The van der Waals surface area contributed by atoms with Crippen LogP contribution < -0.4 is 5.32 Å². The van der Waals surface area contributed by atoms with E-state index in [0.717, 1.165) is 11.0 Å². The number of halogens is 1. The molecule has 0 radical (unpaired) electrons. The summed E-state index contributed by atoms with van der Waals surface area (Å²) in [5.74, 6) is 0.158. The molecule has 0 fully saturated rings. The number of aromatic nitrogens is 4. The molecular formula is C18H16FN5O. The van der Waals surface area contributed by atoms with Gasteiger partial charge in [-0.25, -0.2) is 4.39 Å². The summed E-state index contributed by atoms with van der Waals surface area (Å²) in [4.78, 5) is 12.4. The van der Waals surface area contributed by atoms with E-state index in [9.17, 15) is 9.18 Å². The number of hydrogen-bond acceptors (Lipinski definition) is 3. The molecule has 1 atom stereocenters. The Kier molecular flexibility index (Phi) is 3.68. The molecule has 25 heavy (non-hydrogen) atoms. The maximum absolute atomic E-state index is 13.4. The second-order valence-corrected chi connectivity index (χ2v) is 5.92. The van der Waals surface area contributed by atoms with E-state index in [-0.39, 0.29) is 24.3 Å². The van der Waals surface area contributed by atoms with Gasteiger partial charge in [-0.2, -0.15) is 0 Å². The molecule has 4 rings (SSSR count). The van der Waals surface area contributed by atoms with Crippen molar-refractivity contribution in [3.63, 3.8) is 0 Å². The zero-order valence-electron chi connectivity index (χ0n) is 13.6. The smallest absolute Gasteiger partial charge is 0.240 e. The molecule has 0 bridgehead atoms. The molecule has 7 heteroatoms. The number of nitrogens with zero attached hydrogens (tertiary/aromatic N) is 4. The lowest BCUT2D eigenvalue weighted by molar-refractivity contribution is -0.122. The van der Waals surface area contributed by atoms with Crippen molar-refractivity contribution in [2.75, 3.05) is 0 Å². The van der Waals surface area contributed by atoms with Gasteiger partial charge in [0.15, 0.2) is 11.5 Å². The Hall–Kier alpha value is -3.22.